The molecule has 9 heteroatoms. The average Bonchev–Trinajstić information content (AvgIpc) is 2.87. The molecule has 1 aliphatic rings. The van der Waals surface area contributed by atoms with Crippen molar-refractivity contribution in [1.29, 1.82) is 0 Å². The Morgan fingerprint density at radius 1 is 1.08 bits per heavy atom. The lowest BCUT2D eigenvalue weighted by Gasteiger charge is -2.32. The SMILES string of the molecule is CCOC(=O)C1=C(CCC(F)c2ccccc2)N=C(C)C(C(=O)OCC)C1c1cccc([N+](=O)[O-])c1. The van der Waals surface area contributed by atoms with Gasteiger partial charge in [0.25, 0.3) is 5.69 Å². The summed E-state index contributed by atoms with van der Waals surface area (Å²) in [5.41, 5.74) is 1.45. The Hall–Kier alpha value is -3.88. The zero-order chi connectivity index (χ0) is 26.2. The number of carbonyl (C=O) groups is 2. The van der Waals surface area contributed by atoms with E-state index in [-0.39, 0.29) is 37.3 Å². The number of aliphatic imine (C=N–C) groups is 1. The number of benzene rings is 2. The van der Waals surface area contributed by atoms with Gasteiger partial charge < -0.3 is 9.47 Å². The molecule has 0 spiro atoms. The topological polar surface area (TPSA) is 108 Å². The van der Waals surface area contributed by atoms with Gasteiger partial charge in [0.1, 0.15) is 12.1 Å². The summed E-state index contributed by atoms with van der Waals surface area (Å²) >= 11 is 0. The third-order valence-corrected chi connectivity index (χ3v) is 5.99. The maximum Gasteiger partial charge on any atom is 0.336 e. The van der Waals surface area contributed by atoms with Gasteiger partial charge in [-0.25, -0.2) is 9.18 Å². The molecule has 3 atom stereocenters. The van der Waals surface area contributed by atoms with Crippen LogP contribution in [0.1, 0.15) is 56.8 Å². The van der Waals surface area contributed by atoms with Gasteiger partial charge in [-0.1, -0.05) is 42.5 Å². The van der Waals surface area contributed by atoms with Crippen LogP contribution >= 0.6 is 0 Å². The highest BCUT2D eigenvalue weighted by molar-refractivity contribution is 6.07. The lowest BCUT2D eigenvalue weighted by atomic mass is 9.75. The third kappa shape index (κ3) is 6.02. The predicted octanol–water partition coefficient (Wildman–Crippen LogP) is 5.64. The molecule has 0 N–H and O–H groups in total. The van der Waals surface area contributed by atoms with Crippen molar-refractivity contribution in [3.8, 4) is 0 Å². The minimum Gasteiger partial charge on any atom is -0.465 e. The van der Waals surface area contributed by atoms with E-state index in [0.717, 1.165) is 0 Å². The Bertz CT molecular complexity index is 1180. The van der Waals surface area contributed by atoms with Crippen molar-refractivity contribution in [1.82, 2.24) is 0 Å². The first-order valence-corrected chi connectivity index (χ1v) is 11.8. The minimum absolute atomic E-state index is 0.0464. The number of nitro benzene ring substituents is 1. The first kappa shape index (κ1) is 26.7. The monoisotopic (exact) mass is 496 g/mol. The van der Waals surface area contributed by atoms with Crippen molar-refractivity contribution in [2.24, 2.45) is 10.9 Å². The molecule has 36 heavy (non-hydrogen) atoms. The smallest absolute Gasteiger partial charge is 0.336 e. The molecular weight excluding hydrogens is 467 g/mol. The van der Waals surface area contributed by atoms with Crippen molar-refractivity contribution < 1.29 is 28.4 Å². The number of halogens is 1. The van der Waals surface area contributed by atoms with E-state index in [2.05, 4.69) is 4.99 Å². The van der Waals surface area contributed by atoms with Gasteiger partial charge in [-0.15, -0.1) is 0 Å². The van der Waals surface area contributed by atoms with Crippen LogP contribution in [0.15, 0.2) is 70.9 Å². The molecule has 2 aromatic rings. The molecule has 0 fully saturated rings. The van der Waals surface area contributed by atoms with E-state index >= 15 is 0 Å². The number of esters is 2. The maximum absolute atomic E-state index is 15.0. The van der Waals surface area contributed by atoms with Crippen molar-refractivity contribution in [2.75, 3.05) is 13.2 Å². The summed E-state index contributed by atoms with van der Waals surface area (Å²) in [6.07, 6.45) is -1.15. The quantitative estimate of drug-likeness (QED) is 0.239. The molecule has 3 unspecified atom stereocenters. The minimum atomic E-state index is -1.29. The highest BCUT2D eigenvalue weighted by atomic mass is 19.1. The summed E-state index contributed by atoms with van der Waals surface area (Å²) in [6, 6.07) is 14.4. The Balaban J connectivity index is 2.12. The van der Waals surface area contributed by atoms with Gasteiger partial charge in [-0.05, 0) is 44.7 Å². The summed E-state index contributed by atoms with van der Waals surface area (Å²) in [4.78, 5) is 41.7. The summed E-state index contributed by atoms with van der Waals surface area (Å²) in [7, 11) is 0. The van der Waals surface area contributed by atoms with Crippen molar-refractivity contribution in [3.63, 3.8) is 0 Å². The van der Waals surface area contributed by atoms with Crippen LogP contribution in [0.25, 0.3) is 0 Å². The number of ether oxygens (including phenoxy) is 2. The molecule has 0 bridgehead atoms. The first-order chi connectivity index (χ1) is 17.3. The van der Waals surface area contributed by atoms with Crippen LogP contribution in [0.4, 0.5) is 10.1 Å². The fourth-order valence-electron chi connectivity index (χ4n) is 4.40. The fraction of sp³-hybridized carbons (Fsp3) is 0.370. The van der Waals surface area contributed by atoms with Gasteiger partial charge >= 0.3 is 11.9 Å². The van der Waals surface area contributed by atoms with E-state index in [9.17, 15) is 24.1 Å². The van der Waals surface area contributed by atoms with Gasteiger partial charge in [-0.3, -0.25) is 19.9 Å². The molecule has 1 heterocycles. The van der Waals surface area contributed by atoms with E-state index < -0.39 is 34.9 Å². The van der Waals surface area contributed by atoms with E-state index in [4.69, 9.17) is 9.47 Å². The fourth-order valence-corrected chi connectivity index (χ4v) is 4.40. The first-order valence-electron chi connectivity index (χ1n) is 11.8. The third-order valence-electron chi connectivity index (χ3n) is 5.99. The molecular formula is C27H29FN2O6. The summed E-state index contributed by atoms with van der Waals surface area (Å²) < 4.78 is 25.6. The van der Waals surface area contributed by atoms with Crippen LogP contribution in [-0.4, -0.2) is 35.8 Å². The van der Waals surface area contributed by atoms with Crippen LogP contribution in [0.2, 0.25) is 0 Å². The largest absolute Gasteiger partial charge is 0.465 e. The number of nitro groups is 1. The highest BCUT2D eigenvalue weighted by Crippen LogP contribution is 2.42. The maximum atomic E-state index is 15.0. The normalized spacial score (nSPS) is 18.3. The Kier molecular flexibility index (Phi) is 9.05. The van der Waals surface area contributed by atoms with E-state index in [1.54, 1.807) is 57.2 Å². The Labute approximate surface area is 209 Å². The lowest BCUT2D eigenvalue weighted by molar-refractivity contribution is -0.384. The second-order valence-corrected chi connectivity index (χ2v) is 8.31. The second kappa shape index (κ2) is 12.2. The van der Waals surface area contributed by atoms with Gasteiger partial charge in [-0.2, -0.15) is 0 Å². The van der Waals surface area contributed by atoms with Crippen molar-refractivity contribution in [3.05, 3.63) is 87.1 Å². The van der Waals surface area contributed by atoms with Crippen LogP contribution in [-0.2, 0) is 19.1 Å². The van der Waals surface area contributed by atoms with Crippen LogP contribution in [0, 0.1) is 16.0 Å². The van der Waals surface area contributed by atoms with Crippen molar-refractivity contribution in [2.45, 2.75) is 45.7 Å². The molecule has 0 aliphatic carbocycles. The predicted molar refractivity (Wildman–Crippen MR) is 132 cm³/mol. The molecule has 0 radical (unpaired) electrons. The highest BCUT2D eigenvalue weighted by Gasteiger charge is 2.43. The number of nitrogens with zero attached hydrogens (tertiary/aromatic N) is 2. The number of allylic oxidation sites excluding steroid dienone is 1. The van der Waals surface area contributed by atoms with Gasteiger partial charge in [0, 0.05) is 23.8 Å². The van der Waals surface area contributed by atoms with Crippen LogP contribution in [0.5, 0.6) is 0 Å². The second-order valence-electron chi connectivity index (χ2n) is 8.31. The zero-order valence-electron chi connectivity index (χ0n) is 20.5. The Morgan fingerprint density at radius 2 is 1.78 bits per heavy atom. The Morgan fingerprint density at radius 3 is 2.42 bits per heavy atom. The molecule has 0 saturated carbocycles. The lowest BCUT2D eigenvalue weighted by Crippen LogP contribution is -2.37. The molecule has 8 nitrogen and oxygen atoms in total. The number of hydrogen-bond acceptors (Lipinski definition) is 7. The molecule has 190 valence electrons. The number of rotatable bonds is 10. The zero-order valence-corrected chi connectivity index (χ0v) is 20.5. The van der Waals surface area contributed by atoms with Crippen LogP contribution < -0.4 is 0 Å². The number of carbonyl (C=O) groups excluding carboxylic acids is 2. The van der Waals surface area contributed by atoms with E-state index in [0.29, 0.717) is 22.5 Å². The van der Waals surface area contributed by atoms with Gasteiger partial charge in [0.05, 0.1) is 29.4 Å². The molecule has 0 saturated heterocycles. The van der Waals surface area contributed by atoms with E-state index in [1.165, 1.54) is 18.2 Å². The van der Waals surface area contributed by atoms with Gasteiger partial charge in [0.2, 0.25) is 0 Å². The van der Waals surface area contributed by atoms with E-state index in [1.807, 2.05) is 0 Å². The average molecular weight is 497 g/mol. The molecule has 3 rings (SSSR count). The molecule has 2 aromatic carbocycles. The summed E-state index contributed by atoms with van der Waals surface area (Å²) in [5.74, 6) is -3.25. The molecule has 1 aliphatic heterocycles. The van der Waals surface area contributed by atoms with Crippen LogP contribution in [0.3, 0.4) is 0 Å². The standard InChI is InChI=1S/C27H29FN2O6/c1-4-35-26(31)23-17(3)29-22(15-14-21(28)18-10-7-6-8-11-18)25(27(32)36-5-2)24(23)19-12-9-13-20(16-19)30(33)34/h6-13,16,21,23-24H,4-5,14-15H2,1-3H3. The number of alkyl halides is 1. The molecule has 0 aromatic heterocycles. The number of non-ortho nitro benzene ring substituents is 1. The van der Waals surface area contributed by atoms with Gasteiger partial charge in [0.15, 0.2) is 0 Å². The van der Waals surface area contributed by atoms with Crippen molar-refractivity contribution >= 4 is 23.3 Å². The summed E-state index contributed by atoms with van der Waals surface area (Å²) in [5, 5.41) is 11.5. The summed E-state index contributed by atoms with van der Waals surface area (Å²) in [6.45, 7) is 5.12. The number of hydrogen-bond donors (Lipinski definition) is 0. The molecule has 0 amide bonds.